The predicted molar refractivity (Wildman–Crippen MR) is 82.4 cm³/mol. The van der Waals surface area contributed by atoms with E-state index in [4.69, 9.17) is 5.26 Å². The molecule has 3 rings (SSSR count). The van der Waals surface area contributed by atoms with Crippen molar-refractivity contribution in [2.45, 2.75) is 6.42 Å². The maximum absolute atomic E-state index is 12.0. The maximum atomic E-state index is 12.0. The Labute approximate surface area is 131 Å². The van der Waals surface area contributed by atoms with Gasteiger partial charge in [0.05, 0.1) is 29.3 Å². The van der Waals surface area contributed by atoms with Gasteiger partial charge in [-0.25, -0.2) is 0 Å². The molecule has 1 aromatic heterocycles. The zero-order valence-corrected chi connectivity index (χ0v) is 11.9. The molecule has 0 saturated heterocycles. The molecule has 0 atom stereocenters. The maximum Gasteiger partial charge on any atom is 0.258 e. The van der Waals surface area contributed by atoms with Crippen LogP contribution in [-0.4, -0.2) is 22.6 Å². The lowest BCUT2D eigenvalue weighted by Crippen LogP contribution is -2.29. The molecule has 0 unspecified atom stereocenters. The SMILES string of the molecule is N#Cc1ccc(N2N=C(NC(=O)c3cccnc3)CC2=O)cc1. The third-order valence-electron chi connectivity index (χ3n) is 3.20. The molecule has 1 aromatic carbocycles. The highest BCUT2D eigenvalue weighted by atomic mass is 16.2. The van der Waals surface area contributed by atoms with E-state index in [1.54, 1.807) is 42.6 Å². The zero-order valence-electron chi connectivity index (χ0n) is 11.9. The average Bonchev–Trinajstić information content (AvgIpc) is 2.96. The van der Waals surface area contributed by atoms with E-state index in [-0.39, 0.29) is 24.1 Å². The lowest BCUT2D eigenvalue weighted by atomic mass is 10.2. The molecule has 1 aliphatic rings. The fourth-order valence-corrected chi connectivity index (χ4v) is 2.08. The number of rotatable bonds is 2. The number of nitrogens with one attached hydrogen (secondary N) is 1. The lowest BCUT2D eigenvalue weighted by molar-refractivity contribution is -0.116. The van der Waals surface area contributed by atoms with Gasteiger partial charge in [-0.3, -0.25) is 14.6 Å². The van der Waals surface area contributed by atoms with Crippen LogP contribution in [0.15, 0.2) is 53.9 Å². The van der Waals surface area contributed by atoms with Gasteiger partial charge in [-0.05, 0) is 36.4 Å². The molecular formula is C16H11N5O2. The topological polar surface area (TPSA) is 98.5 Å². The summed E-state index contributed by atoms with van der Waals surface area (Å²) in [5, 5.41) is 16.7. The summed E-state index contributed by atoms with van der Waals surface area (Å²) in [6, 6.07) is 11.7. The summed E-state index contributed by atoms with van der Waals surface area (Å²) in [6.45, 7) is 0. The van der Waals surface area contributed by atoms with Crippen molar-refractivity contribution in [3.05, 3.63) is 59.9 Å². The molecule has 0 aliphatic carbocycles. The van der Waals surface area contributed by atoms with Crippen LogP contribution < -0.4 is 10.3 Å². The number of carbonyl (C=O) groups excluding carboxylic acids is 2. The molecule has 112 valence electrons. The molecule has 0 spiro atoms. The summed E-state index contributed by atoms with van der Waals surface area (Å²) in [4.78, 5) is 27.9. The standard InChI is InChI=1S/C16H11N5O2/c17-9-11-3-5-13(6-4-11)21-15(22)8-14(20-21)19-16(23)12-2-1-7-18-10-12/h1-7,10H,8H2,(H,19,20,23). The number of amides is 2. The molecule has 2 amide bonds. The van der Waals surface area contributed by atoms with Gasteiger partial charge in [-0.2, -0.15) is 15.4 Å². The average molecular weight is 305 g/mol. The van der Waals surface area contributed by atoms with Gasteiger partial charge < -0.3 is 5.32 Å². The molecule has 0 saturated carbocycles. The van der Waals surface area contributed by atoms with Crippen molar-refractivity contribution < 1.29 is 9.59 Å². The first-order chi connectivity index (χ1) is 11.2. The van der Waals surface area contributed by atoms with Crippen LogP contribution in [0.2, 0.25) is 0 Å². The van der Waals surface area contributed by atoms with Crippen molar-refractivity contribution in [2.75, 3.05) is 5.01 Å². The fraction of sp³-hybridized carbons (Fsp3) is 0.0625. The van der Waals surface area contributed by atoms with Crippen LogP contribution in [0.5, 0.6) is 0 Å². The highest BCUT2D eigenvalue weighted by Gasteiger charge is 2.26. The molecule has 0 fully saturated rings. The van der Waals surface area contributed by atoms with Gasteiger partial charge >= 0.3 is 0 Å². The number of anilines is 1. The second-order valence-electron chi connectivity index (χ2n) is 4.78. The van der Waals surface area contributed by atoms with Crippen molar-refractivity contribution in [1.29, 1.82) is 5.26 Å². The van der Waals surface area contributed by atoms with E-state index < -0.39 is 0 Å². The summed E-state index contributed by atoms with van der Waals surface area (Å²) in [7, 11) is 0. The number of nitrogens with zero attached hydrogens (tertiary/aromatic N) is 4. The molecular weight excluding hydrogens is 294 g/mol. The number of nitriles is 1. The van der Waals surface area contributed by atoms with Crippen LogP contribution in [0.1, 0.15) is 22.3 Å². The van der Waals surface area contributed by atoms with Crippen molar-refractivity contribution in [2.24, 2.45) is 5.10 Å². The fourth-order valence-electron chi connectivity index (χ4n) is 2.08. The Balaban J connectivity index is 1.76. The number of amidine groups is 1. The number of carbonyl (C=O) groups is 2. The Hall–Kier alpha value is -3.53. The van der Waals surface area contributed by atoms with Gasteiger partial charge in [0.25, 0.3) is 11.8 Å². The number of benzene rings is 1. The molecule has 1 aliphatic heterocycles. The van der Waals surface area contributed by atoms with Crippen LogP contribution in [0, 0.1) is 11.3 Å². The van der Waals surface area contributed by atoms with Crippen LogP contribution in [0.25, 0.3) is 0 Å². The van der Waals surface area contributed by atoms with Crippen molar-refractivity contribution in [1.82, 2.24) is 10.3 Å². The lowest BCUT2D eigenvalue weighted by Gasteiger charge is -2.10. The summed E-state index contributed by atoms with van der Waals surface area (Å²) in [5.41, 5.74) is 1.42. The van der Waals surface area contributed by atoms with Gasteiger partial charge in [0.1, 0.15) is 5.84 Å². The minimum absolute atomic E-state index is 0.00596. The van der Waals surface area contributed by atoms with Gasteiger partial charge in [0.15, 0.2) is 0 Å². The van der Waals surface area contributed by atoms with Crippen LogP contribution in [-0.2, 0) is 4.79 Å². The smallest absolute Gasteiger partial charge is 0.258 e. The normalized spacial score (nSPS) is 13.4. The second-order valence-corrected chi connectivity index (χ2v) is 4.78. The largest absolute Gasteiger partial charge is 0.308 e. The number of hydrogen-bond donors (Lipinski definition) is 1. The Morgan fingerprint density at radius 1 is 1.26 bits per heavy atom. The van der Waals surface area contributed by atoms with Crippen LogP contribution in [0.3, 0.4) is 0 Å². The minimum Gasteiger partial charge on any atom is -0.308 e. The molecule has 2 heterocycles. The molecule has 1 N–H and O–H groups in total. The van der Waals surface area contributed by atoms with Crippen molar-refractivity contribution in [3.8, 4) is 6.07 Å². The third kappa shape index (κ3) is 3.06. The first-order valence-electron chi connectivity index (χ1n) is 6.79. The first-order valence-corrected chi connectivity index (χ1v) is 6.79. The van der Waals surface area contributed by atoms with E-state index >= 15 is 0 Å². The third-order valence-corrected chi connectivity index (χ3v) is 3.20. The molecule has 7 nitrogen and oxygen atoms in total. The Bertz CT molecular complexity index is 822. The monoisotopic (exact) mass is 305 g/mol. The molecule has 0 bridgehead atoms. The van der Waals surface area contributed by atoms with Gasteiger partial charge in [0.2, 0.25) is 0 Å². The van der Waals surface area contributed by atoms with Gasteiger partial charge in [-0.15, -0.1) is 0 Å². The molecule has 7 heteroatoms. The number of hydrogen-bond acceptors (Lipinski definition) is 5. The summed E-state index contributed by atoms with van der Waals surface area (Å²) >= 11 is 0. The van der Waals surface area contributed by atoms with E-state index in [2.05, 4.69) is 15.4 Å². The molecule has 0 radical (unpaired) electrons. The first kappa shape index (κ1) is 14.4. The Morgan fingerprint density at radius 2 is 2.04 bits per heavy atom. The summed E-state index contributed by atoms with van der Waals surface area (Å²) < 4.78 is 0. The second kappa shape index (κ2) is 6.07. The zero-order chi connectivity index (χ0) is 16.2. The predicted octanol–water partition coefficient (Wildman–Crippen LogP) is 1.43. The number of hydrazone groups is 1. The number of aromatic nitrogens is 1. The number of pyridine rings is 1. The van der Waals surface area contributed by atoms with Crippen LogP contribution >= 0.6 is 0 Å². The molecule has 2 aromatic rings. The van der Waals surface area contributed by atoms with Gasteiger partial charge in [0, 0.05) is 12.4 Å². The highest BCUT2D eigenvalue weighted by molar-refractivity contribution is 6.17. The van der Waals surface area contributed by atoms with E-state index in [9.17, 15) is 9.59 Å². The van der Waals surface area contributed by atoms with Crippen molar-refractivity contribution >= 4 is 23.3 Å². The van der Waals surface area contributed by atoms with E-state index in [1.165, 1.54) is 11.2 Å². The van der Waals surface area contributed by atoms with Crippen LogP contribution in [0.4, 0.5) is 5.69 Å². The quantitative estimate of drug-likeness (QED) is 0.907. The van der Waals surface area contributed by atoms with E-state index in [0.717, 1.165) is 0 Å². The van der Waals surface area contributed by atoms with E-state index in [1.807, 2.05) is 6.07 Å². The Kier molecular flexibility index (Phi) is 3.80. The Morgan fingerprint density at radius 3 is 2.70 bits per heavy atom. The summed E-state index contributed by atoms with van der Waals surface area (Å²) in [5.74, 6) is -0.351. The van der Waals surface area contributed by atoms with E-state index in [0.29, 0.717) is 16.8 Å². The van der Waals surface area contributed by atoms with Gasteiger partial charge in [-0.1, -0.05) is 0 Å². The summed E-state index contributed by atoms with van der Waals surface area (Å²) in [6.07, 6.45) is 3.01. The highest BCUT2D eigenvalue weighted by Crippen LogP contribution is 2.20. The minimum atomic E-state index is -0.369. The molecule has 23 heavy (non-hydrogen) atoms. The van der Waals surface area contributed by atoms with Crippen molar-refractivity contribution in [3.63, 3.8) is 0 Å².